The molecule has 0 aliphatic rings. The van der Waals surface area contributed by atoms with E-state index in [2.05, 4.69) is 10.3 Å². The Balaban J connectivity index is 1.74. The molecule has 1 aromatic heterocycles. The van der Waals surface area contributed by atoms with Crippen molar-refractivity contribution in [1.82, 2.24) is 13.9 Å². The Bertz CT molecular complexity index is 1180. The lowest BCUT2D eigenvalue weighted by Gasteiger charge is -2.15. The predicted molar refractivity (Wildman–Crippen MR) is 121 cm³/mol. The number of thioether (sulfide) groups is 1. The van der Waals surface area contributed by atoms with Gasteiger partial charge in [0.25, 0.3) is 0 Å². The van der Waals surface area contributed by atoms with Crippen molar-refractivity contribution in [1.29, 1.82) is 0 Å². The maximum atomic E-state index is 12.7. The summed E-state index contributed by atoms with van der Waals surface area (Å²) in [6.45, 7) is 1.77. The van der Waals surface area contributed by atoms with Crippen molar-refractivity contribution in [3.8, 4) is 11.4 Å². The Hall–Kier alpha value is -2.82. The zero-order chi connectivity index (χ0) is 22.6. The van der Waals surface area contributed by atoms with Gasteiger partial charge in [-0.1, -0.05) is 23.9 Å². The van der Waals surface area contributed by atoms with Crippen molar-refractivity contribution in [3.05, 3.63) is 60.9 Å². The summed E-state index contributed by atoms with van der Waals surface area (Å²) >= 11 is 1.30. The highest BCUT2D eigenvalue weighted by Gasteiger charge is 2.20. The first-order valence-electron chi connectivity index (χ1n) is 9.40. The van der Waals surface area contributed by atoms with E-state index in [0.29, 0.717) is 10.8 Å². The third-order valence-corrected chi connectivity index (χ3v) is 7.36. The van der Waals surface area contributed by atoms with Gasteiger partial charge >= 0.3 is 0 Å². The number of amides is 1. The molecule has 1 amide bonds. The van der Waals surface area contributed by atoms with Gasteiger partial charge in [-0.3, -0.25) is 9.36 Å². The summed E-state index contributed by atoms with van der Waals surface area (Å²) in [4.78, 5) is 17.2. The van der Waals surface area contributed by atoms with Crippen molar-refractivity contribution in [2.75, 3.05) is 26.5 Å². The van der Waals surface area contributed by atoms with Crippen LogP contribution in [0, 0.1) is 0 Å². The Morgan fingerprint density at radius 2 is 1.94 bits per heavy atom. The van der Waals surface area contributed by atoms with E-state index in [4.69, 9.17) is 4.74 Å². The molecule has 1 heterocycles. The summed E-state index contributed by atoms with van der Waals surface area (Å²) < 4.78 is 32.9. The number of anilines is 1. The Morgan fingerprint density at radius 1 is 1.19 bits per heavy atom. The van der Waals surface area contributed by atoms with Crippen LogP contribution in [0.3, 0.4) is 0 Å². The lowest BCUT2D eigenvalue weighted by Crippen LogP contribution is -2.24. The topological polar surface area (TPSA) is 93.5 Å². The minimum absolute atomic E-state index is 0.115. The minimum Gasteiger partial charge on any atom is -0.497 e. The number of methoxy groups -OCH3 is 1. The average Bonchev–Trinajstić information content (AvgIpc) is 3.21. The predicted octanol–water partition coefficient (Wildman–Crippen LogP) is 3.25. The van der Waals surface area contributed by atoms with E-state index >= 15 is 0 Å². The Kier molecular flexibility index (Phi) is 7.04. The lowest BCUT2D eigenvalue weighted by molar-refractivity contribution is -0.115. The number of ether oxygens (including phenoxy) is 1. The van der Waals surface area contributed by atoms with Gasteiger partial charge in [-0.15, -0.1) is 0 Å². The first-order chi connectivity index (χ1) is 14.7. The molecule has 0 radical (unpaired) electrons. The van der Waals surface area contributed by atoms with Gasteiger partial charge in [0, 0.05) is 38.2 Å². The Labute approximate surface area is 186 Å². The molecule has 1 atom stereocenters. The highest BCUT2D eigenvalue weighted by Crippen LogP contribution is 2.27. The lowest BCUT2D eigenvalue weighted by atomic mass is 10.3. The molecule has 31 heavy (non-hydrogen) atoms. The van der Waals surface area contributed by atoms with Crippen LogP contribution in [-0.4, -0.2) is 54.6 Å². The van der Waals surface area contributed by atoms with Gasteiger partial charge in [-0.05, 0) is 37.3 Å². The van der Waals surface area contributed by atoms with Crippen molar-refractivity contribution in [2.24, 2.45) is 0 Å². The number of hydrogen-bond acceptors (Lipinski definition) is 6. The summed E-state index contributed by atoms with van der Waals surface area (Å²) in [5, 5.41) is 2.96. The van der Waals surface area contributed by atoms with E-state index in [-0.39, 0.29) is 10.8 Å². The number of benzene rings is 2. The summed E-state index contributed by atoms with van der Waals surface area (Å²) in [6, 6.07) is 13.7. The first-order valence-corrected chi connectivity index (χ1v) is 11.7. The standard InChI is InChI=1S/C21H24N4O4S2/c1-15(20(26)23-16-7-5-10-19(13-16)31(27,28)24(2)3)30-21-22-11-12-25(21)17-8-6-9-18(14-17)29-4/h5-15H,1-4H3,(H,23,26)/t15-/m1/s1. The fraction of sp³-hybridized carbons (Fsp3) is 0.238. The van der Waals surface area contributed by atoms with E-state index in [1.165, 1.54) is 38.0 Å². The number of carbonyl (C=O) groups excluding carboxylic acids is 1. The monoisotopic (exact) mass is 460 g/mol. The second kappa shape index (κ2) is 9.54. The van der Waals surface area contributed by atoms with E-state index in [9.17, 15) is 13.2 Å². The number of nitrogens with zero attached hydrogens (tertiary/aromatic N) is 3. The third kappa shape index (κ3) is 5.27. The maximum Gasteiger partial charge on any atom is 0.242 e. The molecule has 0 saturated carbocycles. The number of aromatic nitrogens is 2. The molecule has 8 nitrogen and oxygen atoms in total. The van der Waals surface area contributed by atoms with Crippen LogP contribution in [0.1, 0.15) is 6.92 Å². The number of nitrogens with one attached hydrogen (secondary N) is 1. The van der Waals surface area contributed by atoms with Crippen LogP contribution in [0.5, 0.6) is 5.75 Å². The third-order valence-electron chi connectivity index (χ3n) is 4.47. The second-order valence-corrected chi connectivity index (χ2v) is 10.3. The molecular weight excluding hydrogens is 436 g/mol. The fourth-order valence-corrected chi connectivity index (χ4v) is 4.57. The molecule has 164 valence electrons. The fourth-order valence-electron chi connectivity index (χ4n) is 2.73. The highest BCUT2D eigenvalue weighted by molar-refractivity contribution is 8.00. The SMILES string of the molecule is COc1cccc(-n2ccnc2S[C@H](C)C(=O)Nc2cccc(S(=O)(=O)N(C)C)c2)c1. The van der Waals surface area contributed by atoms with Crippen LogP contribution in [0.4, 0.5) is 5.69 Å². The van der Waals surface area contributed by atoms with E-state index in [1.54, 1.807) is 32.4 Å². The number of rotatable bonds is 8. The van der Waals surface area contributed by atoms with Crippen LogP contribution in [-0.2, 0) is 14.8 Å². The molecule has 0 aliphatic carbocycles. The average molecular weight is 461 g/mol. The van der Waals surface area contributed by atoms with E-state index in [0.717, 1.165) is 15.7 Å². The molecule has 0 saturated heterocycles. The van der Waals surface area contributed by atoms with Crippen molar-refractivity contribution in [2.45, 2.75) is 22.2 Å². The second-order valence-electron chi connectivity index (χ2n) is 6.85. The number of hydrogen-bond donors (Lipinski definition) is 1. The Morgan fingerprint density at radius 3 is 2.65 bits per heavy atom. The zero-order valence-corrected chi connectivity index (χ0v) is 19.3. The van der Waals surface area contributed by atoms with Gasteiger partial charge in [0.2, 0.25) is 15.9 Å². The van der Waals surface area contributed by atoms with Crippen LogP contribution >= 0.6 is 11.8 Å². The molecule has 0 aliphatic heterocycles. The van der Waals surface area contributed by atoms with Gasteiger partial charge < -0.3 is 10.1 Å². The molecule has 1 N–H and O–H groups in total. The summed E-state index contributed by atoms with van der Waals surface area (Å²) in [6.07, 6.45) is 3.49. The van der Waals surface area contributed by atoms with Gasteiger partial charge in [-0.25, -0.2) is 17.7 Å². The molecule has 0 unspecified atom stereocenters. The molecule has 10 heteroatoms. The molecule has 0 spiro atoms. The van der Waals surface area contributed by atoms with E-state index < -0.39 is 15.3 Å². The molecule has 0 bridgehead atoms. The molecule has 0 fully saturated rings. The first kappa shape index (κ1) is 22.9. The summed E-state index contributed by atoms with van der Waals surface area (Å²) in [5.41, 5.74) is 1.28. The summed E-state index contributed by atoms with van der Waals surface area (Å²) in [5.74, 6) is 0.463. The van der Waals surface area contributed by atoms with Gasteiger partial charge in [0.1, 0.15) is 5.75 Å². The van der Waals surface area contributed by atoms with Gasteiger partial charge in [-0.2, -0.15) is 0 Å². The largest absolute Gasteiger partial charge is 0.497 e. The number of carbonyl (C=O) groups is 1. The van der Waals surface area contributed by atoms with Gasteiger partial charge in [0.15, 0.2) is 5.16 Å². The van der Waals surface area contributed by atoms with Gasteiger partial charge in [0.05, 0.1) is 22.9 Å². The molecule has 2 aromatic carbocycles. The molecule has 3 aromatic rings. The van der Waals surface area contributed by atoms with E-state index in [1.807, 2.05) is 35.0 Å². The summed E-state index contributed by atoms with van der Waals surface area (Å²) in [7, 11) is 0.944. The van der Waals surface area contributed by atoms with Crippen LogP contribution in [0.15, 0.2) is 71.0 Å². The maximum absolute atomic E-state index is 12.7. The highest BCUT2D eigenvalue weighted by atomic mass is 32.2. The van der Waals surface area contributed by atoms with Crippen molar-refractivity contribution < 1.29 is 17.9 Å². The smallest absolute Gasteiger partial charge is 0.242 e. The van der Waals surface area contributed by atoms with Crippen molar-refractivity contribution in [3.63, 3.8) is 0 Å². The van der Waals surface area contributed by atoms with Crippen molar-refractivity contribution >= 4 is 33.4 Å². The van der Waals surface area contributed by atoms with Crippen LogP contribution in [0.25, 0.3) is 5.69 Å². The molecular formula is C21H24N4O4S2. The minimum atomic E-state index is -3.59. The normalized spacial score (nSPS) is 12.5. The number of sulfonamides is 1. The number of imidazole rings is 1. The zero-order valence-electron chi connectivity index (χ0n) is 17.6. The quantitative estimate of drug-likeness (QED) is 0.519. The van der Waals surface area contributed by atoms with Crippen LogP contribution in [0.2, 0.25) is 0 Å². The van der Waals surface area contributed by atoms with Crippen LogP contribution < -0.4 is 10.1 Å². The molecule has 3 rings (SSSR count).